The molecule has 4 aliphatic carbocycles. The van der Waals surface area contributed by atoms with E-state index in [1.165, 1.54) is 24.8 Å². The number of aryl methyl sites for hydroxylation is 1. The van der Waals surface area contributed by atoms with Crippen molar-refractivity contribution in [1.82, 2.24) is 9.80 Å². The number of piperazine rings is 1. The van der Waals surface area contributed by atoms with E-state index in [1.807, 2.05) is 23.1 Å². The fourth-order valence-corrected chi connectivity index (χ4v) is 6.88. The van der Waals surface area contributed by atoms with Crippen LogP contribution >= 0.6 is 0 Å². The molecule has 4 bridgehead atoms. The molecule has 4 saturated carbocycles. The van der Waals surface area contributed by atoms with Crippen LogP contribution in [0.1, 0.15) is 49.7 Å². The number of carbonyl (C=O) groups excluding carboxylic acids is 2. The van der Waals surface area contributed by atoms with E-state index in [0.717, 1.165) is 42.6 Å². The minimum absolute atomic E-state index is 0.0495. The first-order valence-corrected chi connectivity index (χ1v) is 11.3. The number of rotatable bonds is 3. The summed E-state index contributed by atoms with van der Waals surface area (Å²) in [4.78, 5) is 30.0. The van der Waals surface area contributed by atoms with Gasteiger partial charge in [0.05, 0.1) is 5.41 Å². The topological polar surface area (TPSA) is 40.6 Å². The Hall–Kier alpha value is -2.10. The van der Waals surface area contributed by atoms with Crippen molar-refractivity contribution in [2.24, 2.45) is 23.2 Å². The number of hydrogen-bond donors (Lipinski definition) is 0. The van der Waals surface area contributed by atoms with Gasteiger partial charge in [-0.15, -0.1) is 0 Å². The van der Waals surface area contributed by atoms with Crippen LogP contribution in [0.4, 0.5) is 0 Å². The standard InChI is InChI=1S/C25H32N2O2/c1-18-3-2-4-19(11-18)5-6-23(28)26-7-9-27(10-8-26)24(29)25-15-20-12-21(16-25)14-22(13-20)17-25/h2-6,11,20-22H,7-10,12-17H2,1H3/b6-5+. The maximum atomic E-state index is 13.5. The van der Waals surface area contributed by atoms with Crippen LogP contribution in [0.3, 0.4) is 0 Å². The fraction of sp³-hybridized carbons (Fsp3) is 0.600. The second-order valence-corrected chi connectivity index (χ2v) is 10.1. The number of carbonyl (C=O) groups is 2. The molecule has 0 spiro atoms. The van der Waals surface area contributed by atoms with E-state index in [1.54, 1.807) is 6.08 Å². The van der Waals surface area contributed by atoms with Crippen LogP contribution in [-0.2, 0) is 9.59 Å². The zero-order valence-corrected chi connectivity index (χ0v) is 17.5. The third-order valence-corrected chi connectivity index (χ3v) is 7.83. The fourth-order valence-electron chi connectivity index (χ4n) is 6.88. The molecule has 4 nitrogen and oxygen atoms in total. The molecule has 154 valence electrons. The SMILES string of the molecule is Cc1cccc(/C=C/C(=O)N2CCN(C(=O)C34CC5CC(CC(C5)C3)C4)CC2)c1. The zero-order chi connectivity index (χ0) is 20.0. The van der Waals surface area contributed by atoms with E-state index in [0.29, 0.717) is 32.1 Å². The molecule has 0 N–H and O–H groups in total. The molecule has 1 aliphatic heterocycles. The minimum atomic E-state index is -0.0635. The third-order valence-electron chi connectivity index (χ3n) is 7.83. The molecule has 0 atom stereocenters. The Morgan fingerprint density at radius 3 is 2.10 bits per heavy atom. The Balaban J connectivity index is 1.18. The van der Waals surface area contributed by atoms with Gasteiger partial charge in [-0.2, -0.15) is 0 Å². The number of nitrogens with zero attached hydrogens (tertiary/aromatic N) is 2. The van der Waals surface area contributed by atoms with Gasteiger partial charge in [-0.3, -0.25) is 9.59 Å². The molecule has 6 rings (SSSR count). The predicted molar refractivity (Wildman–Crippen MR) is 114 cm³/mol. The Bertz CT molecular complexity index is 800. The molecular formula is C25H32N2O2. The minimum Gasteiger partial charge on any atom is -0.339 e. The molecule has 0 aromatic heterocycles. The first-order valence-electron chi connectivity index (χ1n) is 11.3. The number of benzene rings is 1. The van der Waals surface area contributed by atoms with Gasteiger partial charge in [0.2, 0.25) is 11.8 Å². The van der Waals surface area contributed by atoms with Crippen LogP contribution < -0.4 is 0 Å². The lowest BCUT2D eigenvalue weighted by Gasteiger charge is -2.57. The lowest BCUT2D eigenvalue weighted by atomic mass is 9.49. The van der Waals surface area contributed by atoms with Gasteiger partial charge in [-0.25, -0.2) is 0 Å². The summed E-state index contributed by atoms with van der Waals surface area (Å²) in [6.45, 7) is 4.72. The Labute approximate surface area is 173 Å². The predicted octanol–water partition coefficient (Wildman–Crippen LogP) is 3.90. The van der Waals surface area contributed by atoms with Crippen molar-refractivity contribution in [3.63, 3.8) is 0 Å². The smallest absolute Gasteiger partial charge is 0.246 e. The van der Waals surface area contributed by atoms with Gasteiger partial charge < -0.3 is 9.80 Å². The van der Waals surface area contributed by atoms with E-state index < -0.39 is 0 Å². The molecule has 5 aliphatic rings. The molecule has 4 heteroatoms. The Morgan fingerprint density at radius 1 is 0.931 bits per heavy atom. The normalized spacial score (nSPS) is 33.5. The maximum Gasteiger partial charge on any atom is 0.246 e. The van der Waals surface area contributed by atoms with Crippen molar-refractivity contribution in [1.29, 1.82) is 0 Å². The van der Waals surface area contributed by atoms with Crippen LogP contribution in [-0.4, -0.2) is 47.8 Å². The molecule has 1 saturated heterocycles. The van der Waals surface area contributed by atoms with Crippen LogP contribution in [0.25, 0.3) is 6.08 Å². The van der Waals surface area contributed by atoms with Gasteiger partial charge >= 0.3 is 0 Å². The van der Waals surface area contributed by atoms with Gasteiger partial charge in [-0.05, 0) is 74.8 Å². The van der Waals surface area contributed by atoms with Crippen molar-refractivity contribution in [3.8, 4) is 0 Å². The summed E-state index contributed by atoms with van der Waals surface area (Å²) in [6.07, 6.45) is 11.0. The summed E-state index contributed by atoms with van der Waals surface area (Å²) in [6, 6.07) is 8.15. The van der Waals surface area contributed by atoms with Crippen molar-refractivity contribution < 1.29 is 9.59 Å². The van der Waals surface area contributed by atoms with Gasteiger partial charge in [0.1, 0.15) is 0 Å². The van der Waals surface area contributed by atoms with E-state index in [9.17, 15) is 9.59 Å². The highest BCUT2D eigenvalue weighted by Crippen LogP contribution is 2.60. The molecule has 1 heterocycles. The molecule has 1 aromatic carbocycles. The van der Waals surface area contributed by atoms with Crippen LogP contribution in [0.15, 0.2) is 30.3 Å². The maximum absolute atomic E-state index is 13.5. The van der Waals surface area contributed by atoms with Gasteiger partial charge in [0.25, 0.3) is 0 Å². The van der Waals surface area contributed by atoms with E-state index in [2.05, 4.69) is 24.0 Å². The lowest BCUT2D eigenvalue weighted by molar-refractivity contribution is -0.160. The second kappa shape index (κ2) is 7.30. The highest BCUT2D eigenvalue weighted by molar-refractivity contribution is 5.92. The van der Waals surface area contributed by atoms with Crippen molar-refractivity contribution in [2.75, 3.05) is 26.2 Å². The summed E-state index contributed by atoms with van der Waals surface area (Å²) < 4.78 is 0. The second-order valence-electron chi connectivity index (χ2n) is 10.1. The zero-order valence-electron chi connectivity index (χ0n) is 17.5. The molecular weight excluding hydrogens is 360 g/mol. The quantitative estimate of drug-likeness (QED) is 0.732. The average Bonchev–Trinajstić information content (AvgIpc) is 2.71. The third kappa shape index (κ3) is 3.62. The Morgan fingerprint density at radius 2 is 1.52 bits per heavy atom. The summed E-state index contributed by atoms with van der Waals surface area (Å²) in [5.74, 6) is 2.83. The van der Waals surface area contributed by atoms with E-state index >= 15 is 0 Å². The summed E-state index contributed by atoms with van der Waals surface area (Å²) >= 11 is 0. The van der Waals surface area contributed by atoms with Gasteiger partial charge in [0.15, 0.2) is 0 Å². The van der Waals surface area contributed by atoms with E-state index in [4.69, 9.17) is 0 Å². The van der Waals surface area contributed by atoms with Crippen molar-refractivity contribution >= 4 is 17.9 Å². The first kappa shape index (κ1) is 18.9. The molecule has 5 fully saturated rings. The van der Waals surface area contributed by atoms with Crippen LogP contribution in [0.2, 0.25) is 0 Å². The molecule has 0 unspecified atom stereocenters. The highest BCUT2D eigenvalue weighted by Gasteiger charge is 2.55. The Kier molecular flexibility index (Phi) is 4.76. The number of hydrogen-bond acceptors (Lipinski definition) is 2. The highest BCUT2D eigenvalue weighted by atomic mass is 16.2. The monoisotopic (exact) mass is 392 g/mol. The van der Waals surface area contributed by atoms with Crippen LogP contribution in [0, 0.1) is 30.1 Å². The first-order chi connectivity index (χ1) is 14.0. The van der Waals surface area contributed by atoms with Crippen molar-refractivity contribution in [2.45, 2.75) is 45.4 Å². The molecule has 1 aromatic rings. The molecule has 0 radical (unpaired) electrons. The summed E-state index contributed by atoms with van der Waals surface area (Å²) in [7, 11) is 0. The van der Waals surface area contributed by atoms with Gasteiger partial charge in [0, 0.05) is 32.3 Å². The van der Waals surface area contributed by atoms with Gasteiger partial charge in [-0.1, -0.05) is 29.8 Å². The average molecular weight is 393 g/mol. The summed E-state index contributed by atoms with van der Waals surface area (Å²) in [5, 5.41) is 0. The molecule has 29 heavy (non-hydrogen) atoms. The summed E-state index contributed by atoms with van der Waals surface area (Å²) in [5.41, 5.74) is 2.18. The largest absolute Gasteiger partial charge is 0.339 e. The number of amides is 2. The molecule has 2 amide bonds. The van der Waals surface area contributed by atoms with E-state index in [-0.39, 0.29) is 11.3 Å². The van der Waals surface area contributed by atoms with Crippen molar-refractivity contribution in [3.05, 3.63) is 41.5 Å². The lowest BCUT2D eigenvalue weighted by Crippen LogP contribution is -2.58. The van der Waals surface area contributed by atoms with Crippen LogP contribution in [0.5, 0.6) is 0 Å².